The Morgan fingerprint density at radius 2 is 0.701 bits per heavy atom. The van der Waals surface area contributed by atoms with E-state index in [1.807, 2.05) is 287 Å². The molecule has 0 aliphatic rings. The van der Waals surface area contributed by atoms with Crippen LogP contribution in [0, 0.1) is 0 Å². The molecule has 0 amide bonds. The quantitative estimate of drug-likeness (QED) is 0.0715. The molecule has 0 saturated heterocycles. The molecule has 0 spiro atoms. The van der Waals surface area contributed by atoms with E-state index >= 15 is 0 Å². The van der Waals surface area contributed by atoms with Crippen LogP contribution in [0.3, 0.4) is 0 Å². The molecular formula is C122H77Cl7N16OS. The summed E-state index contributed by atoms with van der Waals surface area (Å²) in [6.07, 6.45) is 13.0. The summed E-state index contributed by atoms with van der Waals surface area (Å²) >= 11 is 44.0. The Kier molecular flexibility index (Phi) is 27.9. The summed E-state index contributed by atoms with van der Waals surface area (Å²) in [5.41, 5.74) is 25.3. The molecule has 0 atom stereocenters. The van der Waals surface area contributed by atoms with Crippen LogP contribution in [0.25, 0.3) is 209 Å². The standard InChI is InChI=1S/C24H15ClN2.C22H13ClN2S.C20H11ClN2O.C18H12ClN3.2C13H9ClN2.C12H8ClN3/c25-24-26-21-15-14-18-8-4-5-9-20(18)22(21)23(27-24)19-12-10-17(11-13-19)16-6-2-1-3-7-16;23-22-24-19(21-20(25-22)17-11-4-5-12-18(17)26-21)16-10-6-9-15(13-16)14-7-2-1-3-8-14;21-20-22-17(14-10-5-7-12-6-1-2-8-13(12)14)19-18(23-20)15-9-3-4-11-16(15)24-19;19-18-20-12-15-10-11-22(17(15)21-18)16-8-6-14(7-9-16)13-4-2-1-3-5-13;14-13-8-12-10(9-15-13)6-7-16(12)11-4-2-1-3-5-11;14-12-7-6-10-8-9-16(13(10)15-12)11-4-2-1-3-5-11;13-11-8-14-10-6-7-16(12(10)15-11)9-4-2-1-3-5-9/h1-15H;1-13H;1-11H;1-12H;2*1-9H;1-8H. The smallest absolute Gasteiger partial charge is 0.224 e. The Morgan fingerprint density at radius 1 is 0.238 bits per heavy atom. The average molecular weight is 2060 g/mol. The van der Waals surface area contributed by atoms with E-state index in [-0.39, 0.29) is 21.1 Å². The number of aromatic nitrogens is 16. The van der Waals surface area contributed by atoms with Crippen molar-refractivity contribution in [1.29, 1.82) is 0 Å². The molecule has 13 aromatic heterocycles. The van der Waals surface area contributed by atoms with E-state index in [4.69, 9.17) is 85.6 Å². The third-order valence-corrected chi connectivity index (χ3v) is 27.1. The van der Waals surface area contributed by atoms with E-state index in [0.717, 1.165) is 171 Å². The molecule has 28 rings (SSSR count). The molecule has 17 nitrogen and oxygen atoms in total. The minimum atomic E-state index is 0.219. The number of benzene rings is 15. The van der Waals surface area contributed by atoms with Crippen molar-refractivity contribution in [3.05, 3.63) is 505 Å². The summed E-state index contributed by atoms with van der Waals surface area (Å²) in [6, 6.07) is 143. The van der Waals surface area contributed by atoms with Crippen LogP contribution in [0.4, 0.5) is 0 Å². The number of para-hydroxylation sites is 4. The lowest BCUT2D eigenvalue weighted by atomic mass is 9.98. The minimum Gasteiger partial charge on any atom is -0.452 e. The molecule has 0 unspecified atom stereocenters. The molecule has 0 aliphatic carbocycles. The fraction of sp³-hybridized carbons (Fsp3) is 0. The van der Waals surface area contributed by atoms with Crippen molar-refractivity contribution in [3.8, 4) is 89.9 Å². The molecule has 25 heteroatoms. The maximum atomic E-state index is 6.27. The molecule has 0 N–H and O–H groups in total. The number of pyridine rings is 2. The van der Waals surface area contributed by atoms with Crippen LogP contribution >= 0.6 is 92.5 Å². The number of rotatable bonds is 10. The second-order valence-corrected chi connectivity index (χ2v) is 37.3. The zero-order valence-corrected chi connectivity index (χ0v) is 83.7. The number of nitrogens with zero attached hydrogens (tertiary/aromatic N) is 16. The van der Waals surface area contributed by atoms with Crippen LogP contribution in [-0.4, -0.2) is 78.1 Å². The highest BCUT2D eigenvalue weighted by Crippen LogP contribution is 2.43. The highest BCUT2D eigenvalue weighted by Gasteiger charge is 2.22. The molecule has 0 fully saturated rings. The Labute approximate surface area is 881 Å². The normalized spacial score (nSPS) is 11.1. The van der Waals surface area contributed by atoms with Gasteiger partial charge in [-0.2, -0.15) is 4.98 Å². The number of furan rings is 1. The van der Waals surface area contributed by atoms with Gasteiger partial charge in [0.1, 0.15) is 49.1 Å². The van der Waals surface area contributed by atoms with Gasteiger partial charge in [0, 0.05) is 120 Å². The van der Waals surface area contributed by atoms with Crippen molar-refractivity contribution in [2.75, 3.05) is 0 Å². The van der Waals surface area contributed by atoms with Gasteiger partial charge in [-0.05, 0) is 217 Å². The van der Waals surface area contributed by atoms with Crippen molar-refractivity contribution < 1.29 is 4.42 Å². The van der Waals surface area contributed by atoms with Gasteiger partial charge in [-0.3, -0.25) is 4.57 Å². The Hall–Kier alpha value is -17.0. The lowest BCUT2D eigenvalue weighted by Crippen LogP contribution is -1.94. The molecule has 13 heterocycles. The number of halogens is 7. The number of thiophene rings is 1. The molecule has 15 aromatic carbocycles. The monoisotopic (exact) mass is 2060 g/mol. The Morgan fingerprint density at radius 3 is 1.38 bits per heavy atom. The molecular weight excluding hydrogens is 1990 g/mol. The SMILES string of the molecule is Clc1cc2c(ccn2-c2ccccc2)cn1.Clc1ccc2ccn(-c3ccccc3)c2n1.Clc1cnc2ccn(-c3ccccc3)c2n1.Clc1nc(-c2ccc(-c3ccccc3)cc2)c2c(ccc3ccccc32)n1.Clc1nc(-c2cccc(-c3ccccc3)c2)c2sc3ccccc3c2n1.Clc1nc(-c2cccc3ccccc23)c2oc3ccccc3c2n1.Clc1ncc2ccn(-c3ccc(-c4ccccc4)cc3)c2n1. The predicted molar refractivity (Wildman–Crippen MR) is 606 cm³/mol. The third-order valence-electron chi connectivity index (χ3n) is 24.7. The van der Waals surface area contributed by atoms with Crippen LogP contribution in [0.1, 0.15) is 0 Å². The van der Waals surface area contributed by atoms with Crippen molar-refractivity contribution >= 4 is 211 Å². The van der Waals surface area contributed by atoms with Gasteiger partial charge in [0.15, 0.2) is 11.2 Å². The van der Waals surface area contributed by atoms with Crippen molar-refractivity contribution in [1.82, 2.24) is 78.1 Å². The van der Waals surface area contributed by atoms with Crippen molar-refractivity contribution in [3.63, 3.8) is 0 Å². The van der Waals surface area contributed by atoms with Crippen molar-refractivity contribution in [2.24, 2.45) is 0 Å². The highest BCUT2D eigenvalue weighted by molar-refractivity contribution is 7.26. The van der Waals surface area contributed by atoms with Crippen LogP contribution < -0.4 is 0 Å². The van der Waals surface area contributed by atoms with Gasteiger partial charge < -0.3 is 18.1 Å². The third kappa shape index (κ3) is 20.8. The first-order valence-electron chi connectivity index (χ1n) is 46.7. The molecule has 0 aliphatic heterocycles. The average Bonchev–Trinajstić information content (AvgIpc) is 1.73. The summed E-state index contributed by atoms with van der Waals surface area (Å²) in [4.78, 5) is 52.2. The van der Waals surface area contributed by atoms with Crippen LogP contribution in [0.2, 0.25) is 36.6 Å². The zero-order chi connectivity index (χ0) is 99.6. The van der Waals surface area contributed by atoms with Gasteiger partial charge in [0.2, 0.25) is 21.1 Å². The van der Waals surface area contributed by atoms with Crippen LogP contribution in [0.15, 0.2) is 472 Å². The van der Waals surface area contributed by atoms with Gasteiger partial charge in [0.05, 0.1) is 38.8 Å². The fourth-order valence-electron chi connectivity index (χ4n) is 17.8. The predicted octanol–water partition coefficient (Wildman–Crippen LogP) is 34.6. The topological polar surface area (TPSA) is 188 Å². The van der Waals surface area contributed by atoms with Gasteiger partial charge >= 0.3 is 0 Å². The number of fused-ring (bicyclic) bond motifs is 14. The van der Waals surface area contributed by atoms with Crippen molar-refractivity contribution in [2.45, 2.75) is 0 Å². The lowest BCUT2D eigenvalue weighted by Gasteiger charge is -2.10. The Bertz CT molecular complexity index is 9330. The van der Waals surface area contributed by atoms with E-state index in [1.54, 1.807) is 36.0 Å². The Balaban J connectivity index is 0.0000000983. The molecule has 706 valence electrons. The first-order valence-corrected chi connectivity index (χ1v) is 50.1. The zero-order valence-electron chi connectivity index (χ0n) is 77.6. The molecule has 0 bridgehead atoms. The second-order valence-electron chi connectivity index (χ2n) is 33.8. The van der Waals surface area contributed by atoms with Gasteiger partial charge in [-0.25, -0.2) is 54.8 Å². The number of hydrogen-bond acceptors (Lipinski definition) is 14. The first-order chi connectivity index (χ1) is 72.2. The maximum Gasteiger partial charge on any atom is 0.224 e. The number of hydrogen-bond donors (Lipinski definition) is 0. The van der Waals surface area contributed by atoms with Gasteiger partial charge in [-0.15, -0.1) is 11.3 Å². The van der Waals surface area contributed by atoms with Crippen LogP contribution in [-0.2, 0) is 0 Å². The van der Waals surface area contributed by atoms with E-state index in [0.29, 0.717) is 21.0 Å². The fourth-order valence-corrected chi connectivity index (χ4v) is 20.0. The second kappa shape index (κ2) is 43.3. The lowest BCUT2D eigenvalue weighted by molar-refractivity contribution is 0.667. The molecule has 28 aromatic rings. The van der Waals surface area contributed by atoms with E-state index in [2.05, 4.69) is 234 Å². The summed E-state index contributed by atoms with van der Waals surface area (Å²) in [5.74, 6) is 0. The van der Waals surface area contributed by atoms with Gasteiger partial charge in [0.25, 0.3) is 0 Å². The molecule has 0 radical (unpaired) electrons. The van der Waals surface area contributed by atoms with E-state index in [1.165, 1.54) is 32.5 Å². The first kappa shape index (κ1) is 94.9. The van der Waals surface area contributed by atoms with E-state index in [9.17, 15) is 0 Å². The van der Waals surface area contributed by atoms with E-state index < -0.39 is 0 Å². The summed E-state index contributed by atoms with van der Waals surface area (Å²) in [7, 11) is 0. The summed E-state index contributed by atoms with van der Waals surface area (Å²) < 4.78 is 16.4. The van der Waals surface area contributed by atoms with Crippen LogP contribution in [0.5, 0.6) is 0 Å². The molecule has 0 saturated carbocycles. The maximum absolute atomic E-state index is 6.27. The van der Waals surface area contributed by atoms with Gasteiger partial charge in [-0.1, -0.05) is 338 Å². The summed E-state index contributed by atoms with van der Waals surface area (Å²) in [6.45, 7) is 0. The largest absolute Gasteiger partial charge is 0.452 e. The highest BCUT2D eigenvalue weighted by atomic mass is 35.5. The molecule has 147 heavy (non-hydrogen) atoms. The minimum absolute atomic E-state index is 0.219. The summed E-state index contributed by atoms with van der Waals surface area (Å²) in [5, 5.41) is 13.3.